The maximum absolute atomic E-state index is 10.2. The second-order valence-electron chi connectivity index (χ2n) is 2.75. The molecule has 0 amide bonds. The Balaban J connectivity index is 2.33. The van der Waals surface area contributed by atoms with Crippen LogP contribution in [0.5, 0.6) is 0 Å². The molecule has 3 nitrogen and oxygen atoms in total. The molecular formula is C9H12NO2-. The normalized spacial score (nSPS) is 15.4. The zero-order valence-electron chi connectivity index (χ0n) is 7.08. The second kappa shape index (κ2) is 3.95. The number of carbonyl (C=O) groups is 1. The van der Waals surface area contributed by atoms with E-state index in [2.05, 4.69) is 5.32 Å². The third kappa shape index (κ3) is 2.42. The summed E-state index contributed by atoms with van der Waals surface area (Å²) in [7, 11) is 1.74. The number of rotatable bonds is 4. The van der Waals surface area contributed by atoms with Gasteiger partial charge in [-0.2, -0.15) is 0 Å². The highest BCUT2D eigenvalue weighted by Gasteiger charge is 2.03. The van der Waals surface area contributed by atoms with E-state index in [1.165, 1.54) is 0 Å². The van der Waals surface area contributed by atoms with Crippen LogP contribution in [0.3, 0.4) is 0 Å². The first kappa shape index (κ1) is 8.84. The Labute approximate surface area is 71.8 Å². The number of hydrogen-bond donors (Lipinski definition) is 1. The lowest BCUT2D eigenvalue weighted by molar-refractivity contribution is -0.136. The molecule has 0 fully saturated rings. The van der Waals surface area contributed by atoms with Crippen LogP contribution in [0.2, 0.25) is 0 Å². The summed E-state index contributed by atoms with van der Waals surface area (Å²) < 4.78 is 0. The van der Waals surface area contributed by atoms with Crippen LogP contribution < -0.4 is 0 Å². The van der Waals surface area contributed by atoms with Crippen LogP contribution in [0.15, 0.2) is 23.4 Å². The van der Waals surface area contributed by atoms with Gasteiger partial charge in [0.05, 0.1) is 0 Å². The van der Waals surface area contributed by atoms with E-state index >= 15 is 0 Å². The Hall–Kier alpha value is -1.25. The van der Waals surface area contributed by atoms with E-state index in [0.717, 1.165) is 17.7 Å². The molecule has 1 aliphatic rings. The smallest absolute Gasteiger partial charge is 0.303 e. The number of aliphatic carboxylic acids is 1. The Morgan fingerprint density at radius 3 is 3.00 bits per heavy atom. The summed E-state index contributed by atoms with van der Waals surface area (Å²) in [6.07, 6.45) is 5.70. The molecule has 0 aromatic carbocycles. The first-order valence-corrected chi connectivity index (χ1v) is 3.93. The predicted molar refractivity (Wildman–Crippen MR) is 46.9 cm³/mol. The quantitative estimate of drug-likeness (QED) is 0.695. The van der Waals surface area contributed by atoms with Crippen LogP contribution in [-0.2, 0) is 4.79 Å². The van der Waals surface area contributed by atoms with Crippen molar-refractivity contribution in [2.45, 2.75) is 19.3 Å². The molecule has 1 N–H and O–H groups in total. The molecule has 0 aliphatic heterocycles. The van der Waals surface area contributed by atoms with E-state index < -0.39 is 5.97 Å². The van der Waals surface area contributed by atoms with Gasteiger partial charge in [0.2, 0.25) is 0 Å². The molecule has 0 saturated carbocycles. The summed E-state index contributed by atoms with van der Waals surface area (Å²) in [6, 6.07) is 0. The van der Waals surface area contributed by atoms with Gasteiger partial charge in [0, 0.05) is 6.42 Å². The molecular weight excluding hydrogens is 154 g/mol. The first-order chi connectivity index (χ1) is 5.72. The standard InChI is InChI=1S/C9H12NO2/c1-10-8-4-2-7(6-8)3-5-9(11)12/h4,6H,2-3,5H2,1H3,(H,11,12)/q-1. The van der Waals surface area contributed by atoms with E-state index in [-0.39, 0.29) is 6.42 Å². The first-order valence-electron chi connectivity index (χ1n) is 3.93. The minimum absolute atomic E-state index is 0.219. The van der Waals surface area contributed by atoms with Crippen molar-refractivity contribution < 1.29 is 9.90 Å². The van der Waals surface area contributed by atoms with Gasteiger partial charge in [0.25, 0.3) is 0 Å². The summed E-state index contributed by atoms with van der Waals surface area (Å²) in [5.41, 5.74) is 2.13. The third-order valence-electron chi connectivity index (χ3n) is 1.84. The Morgan fingerprint density at radius 2 is 2.50 bits per heavy atom. The van der Waals surface area contributed by atoms with Gasteiger partial charge in [-0.25, -0.2) is 0 Å². The van der Waals surface area contributed by atoms with Crippen molar-refractivity contribution in [2.75, 3.05) is 7.05 Å². The Kier molecular flexibility index (Phi) is 2.91. The number of hydrogen-bond acceptors (Lipinski definition) is 1. The van der Waals surface area contributed by atoms with Gasteiger partial charge in [-0.15, -0.1) is 12.7 Å². The van der Waals surface area contributed by atoms with Crippen LogP contribution >= 0.6 is 0 Å². The van der Waals surface area contributed by atoms with E-state index in [9.17, 15) is 4.79 Å². The lowest BCUT2D eigenvalue weighted by Gasteiger charge is -2.10. The fourth-order valence-corrected chi connectivity index (χ4v) is 1.16. The molecule has 3 heteroatoms. The summed E-state index contributed by atoms with van der Waals surface area (Å²) in [5, 5.41) is 12.4. The van der Waals surface area contributed by atoms with Crippen molar-refractivity contribution in [3.63, 3.8) is 0 Å². The minimum atomic E-state index is -0.738. The molecule has 0 radical (unpaired) electrons. The molecule has 1 rings (SSSR count). The van der Waals surface area contributed by atoms with Crippen molar-refractivity contribution in [1.29, 1.82) is 0 Å². The number of nitrogens with zero attached hydrogens (tertiary/aromatic N) is 1. The fraction of sp³-hybridized carbons (Fsp3) is 0.444. The Morgan fingerprint density at radius 1 is 1.75 bits per heavy atom. The highest BCUT2D eigenvalue weighted by Crippen LogP contribution is 2.23. The van der Waals surface area contributed by atoms with Crippen LogP contribution in [0.1, 0.15) is 19.3 Å². The van der Waals surface area contributed by atoms with Gasteiger partial charge in [-0.1, -0.05) is 17.7 Å². The van der Waals surface area contributed by atoms with Gasteiger partial charge >= 0.3 is 5.97 Å². The molecule has 0 atom stereocenters. The molecule has 1 aliphatic carbocycles. The summed E-state index contributed by atoms with van der Waals surface area (Å²) in [5.74, 6) is -0.738. The van der Waals surface area contributed by atoms with Gasteiger partial charge in [-0.3, -0.25) is 4.79 Å². The Bertz CT molecular complexity index is 241. The van der Waals surface area contributed by atoms with Crippen LogP contribution in [0, 0.1) is 0 Å². The van der Waals surface area contributed by atoms with Crippen molar-refractivity contribution in [1.82, 2.24) is 0 Å². The molecule has 0 bridgehead atoms. The zero-order chi connectivity index (χ0) is 8.97. The molecule has 0 saturated heterocycles. The lowest BCUT2D eigenvalue weighted by atomic mass is 10.1. The second-order valence-corrected chi connectivity index (χ2v) is 2.75. The van der Waals surface area contributed by atoms with Crippen LogP contribution in [-0.4, -0.2) is 18.1 Å². The van der Waals surface area contributed by atoms with Crippen molar-refractivity contribution >= 4 is 5.97 Å². The number of carboxylic acid groups (broad SMARTS) is 1. The van der Waals surface area contributed by atoms with E-state index in [4.69, 9.17) is 5.11 Å². The summed E-state index contributed by atoms with van der Waals surface area (Å²) >= 11 is 0. The molecule has 12 heavy (non-hydrogen) atoms. The van der Waals surface area contributed by atoms with Gasteiger partial charge in [0.15, 0.2) is 0 Å². The third-order valence-corrected chi connectivity index (χ3v) is 1.84. The monoisotopic (exact) mass is 166 g/mol. The average molecular weight is 166 g/mol. The number of carboxylic acids is 1. The van der Waals surface area contributed by atoms with E-state index in [1.54, 1.807) is 7.05 Å². The minimum Gasteiger partial charge on any atom is -0.687 e. The highest BCUT2D eigenvalue weighted by atomic mass is 16.4. The van der Waals surface area contributed by atoms with Gasteiger partial charge in [0.1, 0.15) is 0 Å². The van der Waals surface area contributed by atoms with Crippen molar-refractivity contribution in [2.24, 2.45) is 0 Å². The highest BCUT2D eigenvalue weighted by molar-refractivity contribution is 5.67. The largest absolute Gasteiger partial charge is 0.687 e. The number of allylic oxidation sites excluding steroid dienone is 3. The average Bonchev–Trinajstić information content (AvgIpc) is 2.48. The zero-order valence-corrected chi connectivity index (χ0v) is 7.08. The SMILES string of the molecule is C[N-]C1=CCC(CCC(=O)O)=C1. The summed E-state index contributed by atoms with van der Waals surface area (Å²) in [6.45, 7) is 0. The molecule has 66 valence electrons. The molecule has 0 unspecified atom stereocenters. The molecule has 0 heterocycles. The summed E-state index contributed by atoms with van der Waals surface area (Å²) in [4.78, 5) is 10.2. The van der Waals surface area contributed by atoms with Gasteiger partial charge < -0.3 is 10.4 Å². The fourth-order valence-electron chi connectivity index (χ4n) is 1.16. The van der Waals surface area contributed by atoms with E-state index in [0.29, 0.717) is 6.42 Å². The van der Waals surface area contributed by atoms with Crippen LogP contribution in [0.25, 0.3) is 5.32 Å². The van der Waals surface area contributed by atoms with Crippen LogP contribution in [0.4, 0.5) is 0 Å². The van der Waals surface area contributed by atoms with Gasteiger partial charge in [-0.05, 0) is 12.8 Å². The van der Waals surface area contributed by atoms with Crippen molar-refractivity contribution in [3.05, 3.63) is 28.7 Å². The predicted octanol–water partition coefficient (Wildman–Crippen LogP) is 2.07. The maximum Gasteiger partial charge on any atom is 0.303 e. The van der Waals surface area contributed by atoms with E-state index in [1.807, 2.05) is 12.2 Å². The maximum atomic E-state index is 10.2. The topological polar surface area (TPSA) is 51.4 Å². The number of likely N-dealkylation sites (N-methyl/N-ethyl adjacent to an activating group) is 1. The molecule has 0 aromatic heterocycles. The lowest BCUT2D eigenvalue weighted by Crippen LogP contribution is -1.94. The molecule has 0 aromatic rings. The van der Waals surface area contributed by atoms with Crippen molar-refractivity contribution in [3.8, 4) is 0 Å². The molecule has 0 spiro atoms.